The summed E-state index contributed by atoms with van der Waals surface area (Å²) in [6, 6.07) is 12.0. The number of carbonyl (C=O) groups is 1. The van der Waals surface area contributed by atoms with E-state index in [1.165, 1.54) is 12.7 Å². The highest BCUT2D eigenvalue weighted by atomic mass is 35.5. The van der Waals surface area contributed by atoms with Gasteiger partial charge in [0.15, 0.2) is 0 Å². The van der Waals surface area contributed by atoms with E-state index in [1.54, 1.807) is 12.3 Å². The van der Waals surface area contributed by atoms with Gasteiger partial charge < -0.3 is 10.1 Å². The zero-order valence-electron chi connectivity index (χ0n) is 13.6. The van der Waals surface area contributed by atoms with Gasteiger partial charge in [-0.25, -0.2) is 4.79 Å². The highest BCUT2D eigenvalue weighted by Gasteiger charge is 2.24. The molecule has 1 unspecified atom stereocenters. The lowest BCUT2D eigenvalue weighted by atomic mass is 10.0. The standard InChI is InChI=1S/C18H21N3O2.ClH/c1-23-18(22)15-5-2-4-14(10-15)13-21-9-8-20-12-17(21)16-6-3-7-19-11-16;/h2-7,10-11,17,20H,8-9,12-13H2,1H3;1H. The van der Waals surface area contributed by atoms with E-state index >= 15 is 0 Å². The summed E-state index contributed by atoms with van der Waals surface area (Å²) in [4.78, 5) is 18.3. The minimum atomic E-state index is -0.295. The second-order valence-corrected chi connectivity index (χ2v) is 5.67. The number of halogens is 1. The second kappa shape index (κ2) is 8.78. The van der Waals surface area contributed by atoms with Crippen LogP contribution < -0.4 is 5.32 Å². The average molecular weight is 348 g/mol. The number of benzene rings is 1. The maximum Gasteiger partial charge on any atom is 0.337 e. The molecule has 2 aromatic rings. The largest absolute Gasteiger partial charge is 0.465 e. The quantitative estimate of drug-likeness (QED) is 0.861. The molecular weight excluding hydrogens is 326 g/mol. The number of methoxy groups -OCH3 is 1. The molecule has 0 amide bonds. The van der Waals surface area contributed by atoms with Crippen molar-refractivity contribution in [2.75, 3.05) is 26.7 Å². The Balaban J connectivity index is 0.00000208. The molecule has 0 aliphatic carbocycles. The van der Waals surface area contributed by atoms with Gasteiger partial charge >= 0.3 is 5.97 Å². The topological polar surface area (TPSA) is 54.5 Å². The Labute approximate surface area is 148 Å². The lowest BCUT2D eigenvalue weighted by molar-refractivity contribution is 0.0600. The fourth-order valence-corrected chi connectivity index (χ4v) is 2.99. The lowest BCUT2D eigenvalue weighted by Gasteiger charge is -2.36. The van der Waals surface area contributed by atoms with Crippen molar-refractivity contribution < 1.29 is 9.53 Å². The van der Waals surface area contributed by atoms with E-state index in [2.05, 4.69) is 27.3 Å². The van der Waals surface area contributed by atoms with Crippen LogP contribution >= 0.6 is 12.4 Å². The zero-order chi connectivity index (χ0) is 16.1. The van der Waals surface area contributed by atoms with Gasteiger partial charge in [0.2, 0.25) is 0 Å². The van der Waals surface area contributed by atoms with Gasteiger partial charge in [-0.1, -0.05) is 18.2 Å². The number of piperazine rings is 1. The van der Waals surface area contributed by atoms with Crippen LogP contribution in [0.4, 0.5) is 0 Å². The molecule has 1 fully saturated rings. The van der Waals surface area contributed by atoms with Crippen molar-refractivity contribution in [2.24, 2.45) is 0 Å². The number of rotatable bonds is 4. The molecule has 5 nitrogen and oxygen atoms in total. The van der Waals surface area contributed by atoms with Crippen molar-refractivity contribution in [1.29, 1.82) is 0 Å². The number of pyridine rings is 1. The number of ether oxygens (including phenoxy) is 1. The molecule has 0 saturated carbocycles. The Morgan fingerprint density at radius 1 is 1.38 bits per heavy atom. The first-order valence-electron chi connectivity index (χ1n) is 7.80. The molecule has 1 atom stereocenters. The van der Waals surface area contributed by atoms with E-state index in [0.29, 0.717) is 11.6 Å². The molecule has 1 aliphatic rings. The molecule has 2 heterocycles. The molecule has 1 N–H and O–H groups in total. The predicted molar refractivity (Wildman–Crippen MR) is 95.3 cm³/mol. The Bertz CT molecular complexity index is 666. The van der Waals surface area contributed by atoms with Crippen molar-refractivity contribution in [3.8, 4) is 0 Å². The van der Waals surface area contributed by atoms with Crippen LogP contribution in [0.25, 0.3) is 0 Å². The molecule has 0 bridgehead atoms. The van der Waals surface area contributed by atoms with Crippen LogP contribution in [0.15, 0.2) is 48.8 Å². The van der Waals surface area contributed by atoms with E-state index in [1.807, 2.05) is 24.4 Å². The Kier molecular flexibility index (Phi) is 6.73. The summed E-state index contributed by atoms with van der Waals surface area (Å²) in [5.41, 5.74) is 2.92. The monoisotopic (exact) mass is 347 g/mol. The third-order valence-electron chi connectivity index (χ3n) is 4.16. The minimum Gasteiger partial charge on any atom is -0.465 e. The Morgan fingerprint density at radius 3 is 3.00 bits per heavy atom. The van der Waals surface area contributed by atoms with E-state index < -0.39 is 0 Å². The van der Waals surface area contributed by atoms with Crippen LogP contribution in [0.2, 0.25) is 0 Å². The Hall–Kier alpha value is -1.95. The molecule has 1 aromatic carbocycles. The van der Waals surface area contributed by atoms with Crippen molar-refractivity contribution in [3.05, 3.63) is 65.5 Å². The van der Waals surface area contributed by atoms with Gasteiger partial charge in [-0.3, -0.25) is 9.88 Å². The maximum absolute atomic E-state index is 11.7. The summed E-state index contributed by atoms with van der Waals surface area (Å²) in [5.74, 6) is -0.295. The van der Waals surface area contributed by atoms with Gasteiger partial charge in [-0.15, -0.1) is 12.4 Å². The molecule has 24 heavy (non-hydrogen) atoms. The molecule has 3 rings (SSSR count). The van der Waals surface area contributed by atoms with E-state index in [-0.39, 0.29) is 18.4 Å². The van der Waals surface area contributed by atoms with Crippen LogP contribution in [-0.4, -0.2) is 42.6 Å². The van der Waals surface area contributed by atoms with Crippen molar-refractivity contribution >= 4 is 18.4 Å². The third-order valence-corrected chi connectivity index (χ3v) is 4.16. The second-order valence-electron chi connectivity index (χ2n) is 5.67. The normalized spacial score (nSPS) is 17.8. The molecule has 1 aromatic heterocycles. The smallest absolute Gasteiger partial charge is 0.337 e. The van der Waals surface area contributed by atoms with Crippen LogP contribution in [0.1, 0.15) is 27.5 Å². The minimum absolute atomic E-state index is 0. The van der Waals surface area contributed by atoms with Gasteiger partial charge in [0, 0.05) is 44.6 Å². The van der Waals surface area contributed by atoms with Gasteiger partial charge in [-0.05, 0) is 29.3 Å². The fourth-order valence-electron chi connectivity index (χ4n) is 2.99. The van der Waals surface area contributed by atoms with Gasteiger partial charge in [0.1, 0.15) is 0 Å². The molecule has 128 valence electrons. The molecule has 1 saturated heterocycles. The molecule has 6 heteroatoms. The molecular formula is C18H22ClN3O2. The summed E-state index contributed by atoms with van der Waals surface area (Å²) in [6.45, 7) is 3.63. The van der Waals surface area contributed by atoms with Crippen LogP contribution in [-0.2, 0) is 11.3 Å². The summed E-state index contributed by atoms with van der Waals surface area (Å²) in [6.07, 6.45) is 3.72. The SMILES string of the molecule is COC(=O)c1cccc(CN2CCNCC2c2cccnc2)c1.Cl. The summed E-state index contributed by atoms with van der Waals surface area (Å²) >= 11 is 0. The van der Waals surface area contributed by atoms with Gasteiger partial charge in [0.05, 0.1) is 12.7 Å². The van der Waals surface area contributed by atoms with Crippen LogP contribution in [0.5, 0.6) is 0 Å². The highest BCUT2D eigenvalue weighted by Crippen LogP contribution is 2.23. The van der Waals surface area contributed by atoms with Crippen molar-refractivity contribution in [2.45, 2.75) is 12.6 Å². The van der Waals surface area contributed by atoms with E-state index in [4.69, 9.17) is 4.74 Å². The van der Waals surface area contributed by atoms with Crippen molar-refractivity contribution in [1.82, 2.24) is 15.2 Å². The zero-order valence-corrected chi connectivity index (χ0v) is 14.5. The third kappa shape index (κ3) is 4.32. The number of aromatic nitrogens is 1. The number of esters is 1. The average Bonchev–Trinajstić information content (AvgIpc) is 2.62. The van der Waals surface area contributed by atoms with Gasteiger partial charge in [0.25, 0.3) is 0 Å². The van der Waals surface area contributed by atoms with Crippen LogP contribution in [0.3, 0.4) is 0 Å². The van der Waals surface area contributed by atoms with Gasteiger partial charge in [-0.2, -0.15) is 0 Å². The molecule has 0 spiro atoms. The number of hydrogen-bond acceptors (Lipinski definition) is 5. The number of hydrogen-bond donors (Lipinski definition) is 1. The molecule has 1 aliphatic heterocycles. The molecule has 0 radical (unpaired) electrons. The van der Waals surface area contributed by atoms with E-state index in [9.17, 15) is 4.79 Å². The van der Waals surface area contributed by atoms with E-state index in [0.717, 1.165) is 31.7 Å². The maximum atomic E-state index is 11.7. The summed E-state index contributed by atoms with van der Waals surface area (Å²) < 4.78 is 4.80. The number of nitrogens with one attached hydrogen (secondary N) is 1. The fraction of sp³-hybridized carbons (Fsp3) is 0.333. The first-order chi connectivity index (χ1) is 11.3. The van der Waals surface area contributed by atoms with Crippen molar-refractivity contribution in [3.63, 3.8) is 0 Å². The number of nitrogens with zero attached hydrogens (tertiary/aromatic N) is 2. The first-order valence-corrected chi connectivity index (χ1v) is 7.80. The highest BCUT2D eigenvalue weighted by molar-refractivity contribution is 5.89. The number of carbonyl (C=O) groups excluding carboxylic acids is 1. The summed E-state index contributed by atoms with van der Waals surface area (Å²) in [7, 11) is 1.41. The lowest BCUT2D eigenvalue weighted by Crippen LogP contribution is -2.45. The Morgan fingerprint density at radius 2 is 2.25 bits per heavy atom. The summed E-state index contributed by atoms with van der Waals surface area (Å²) in [5, 5.41) is 3.44. The van der Waals surface area contributed by atoms with Crippen LogP contribution in [0, 0.1) is 0 Å². The predicted octanol–water partition coefficient (Wildman–Crippen LogP) is 2.44. The first kappa shape index (κ1) is 18.4.